The maximum atomic E-state index is 8.72. The minimum Gasteiger partial charge on any atom is -0.398 e. The molecule has 15 heavy (non-hydrogen) atoms. The number of hydrogen-bond acceptors (Lipinski definition) is 4. The molecule has 0 saturated carbocycles. The monoisotopic (exact) mass is 236 g/mol. The Morgan fingerprint density at radius 3 is 1.47 bits per heavy atom. The van der Waals surface area contributed by atoms with E-state index in [0.717, 1.165) is 37.8 Å². The van der Waals surface area contributed by atoms with Crippen molar-refractivity contribution >= 4 is 8.56 Å². The molecule has 0 atom stereocenters. The highest BCUT2D eigenvalue weighted by Gasteiger charge is 2.33. The van der Waals surface area contributed by atoms with E-state index in [9.17, 15) is 0 Å². The van der Waals surface area contributed by atoms with Crippen LogP contribution in [0.1, 0.15) is 25.7 Å². The summed E-state index contributed by atoms with van der Waals surface area (Å²) in [5.41, 5.74) is 0. The molecular formula is C10H24O4Si. The van der Waals surface area contributed by atoms with Crippen molar-refractivity contribution in [3.05, 3.63) is 0 Å². The van der Waals surface area contributed by atoms with E-state index in [1.807, 2.05) is 0 Å². The van der Waals surface area contributed by atoms with E-state index in [4.69, 9.17) is 19.1 Å². The fourth-order valence-corrected chi connectivity index (χ4v) is 4.44. The fraction of sp³-hybridized carbons (Fsp3) is 1.00. The third-order valence-electron chi connectivity index (χ3n) is 2.68. The van der Waals surface area contributed by atoms with Crippen molar-refractivity contribution in [3.8, 4) is 0 Å². The van der Waals surface area contributed by atoms with Gasteiger partial charge in [-0.1, -0.05) is 0 Å². The first-order valence-corrected chi connectivity index (χ1v) is 7.80. The Bertz CT molecular complexity index is 127. The normalized spacial score (nSPS) is 12.0. The van der Waals surface area contributed by atoms with Gasteiger partial charge in [0.1, 0.15) is 0 Å². The van der Waals surface area contributed by atoms with Crippen molar-refractivity contribution in [2.75, 3.05) is 27.4 Å². The fourth-order valence-electron chi connectivity index (χ4n) is 1.63. The van der Waals surface area contributed by atoms with Crippen molar-refractivity contribution in [2.45, 2.75) is 37.8 Å². The van der Waals surface area contributed by atoms with Crippen LogP contribution in [0.25, 0.3) is 0 Å². The second-order valence-corrected chi connectivity index (χ2v) is 7.32. The summed E-state index contributed by atoms with van der Waals surface area (Å²) in [6.07, 6.45) is 3.51. The maximum Gasteiger partial charge on any atom is 0.337 e. The number of aliphatic hydroxyl groups is 2. The Hall–Kier alpha value is 0.0569. The molecule has 0 aliphatic rings. The molecular weight excluding hydrogens is 212 g/mol. The maximum absolute atomic E-state index is 8.72. The summed E-state index contributed by atoms with van der Waals surface area (Å²) >= 11 is 0. The number of unbranched alkanes of at least 4 members (excludes halogenated alkanes) is 2. The van der Waals surface area contributed by atoms with Crippen LogP contribution >= 0.6 is 0 Å². The molecule has 0 bridgehead atoms. The summed E-state index contributed by atoms with van der Waals surface area (Å²) in [4.78, 5) is 0. The molecule has 0 radical (unpaired) electrons. The summed E-state index contributed by atoms with van der Waals surface area (Å²) in [6, 6.07) is 1.85. The predicted octanol–water partition coefficient (Wildman–Crippen LogP) is 1.27. The van der Waals surface area contributed by atoms with E-state index in [2.05, 4.69) is 0 Å². The van der Waals surface area contributed by atoms with Crippen molar-refractivity contribution < 1.29 is 19.1 Å². The first kappa shape index (κ1) is 15.1. The lowest BCUT2D eigenvalue weighted by atomic mass is 10.4. The summed E-state index contributed by atoms with van der Waals surface area (Å²) in [7, 11) is 1.36. The zero-order valence-corrected chi connectivity index (χ0v) is 10.9. The van der Waals surface area contributed by atoms with E-state index in [-0.39, 0.29) is 13.2 Å². The largest absolute Gasteiger partial charge is 0.398 e. The Kier molecular flexibility index (Phi) is 9.33. The van der Waals surface area contributed by atoms with Gasteiger partial charge in [-0.25, -0.2) is 0 Å². The van der Waals surface area contributed by atoms with Gasteiger partial charge in [0, 0.05) is 27.4 Å². The van der Waals surface area contributed by atoms with E-state index in [0.29, 0.717) is 0 Å². The molecule has 0 saturated heterocycles. The minimum absolute atomic E-state index is 0.231. The molecule has 0 fully saturated rings. The quantitative estimate of drug-likeness (QED) is 0.443. The Morgan fingerprint density at radius 1 is 0.800 bits per heavy atom. The van der Waals surface area contributed by atoms with Gasteiger partial charge in [0.2, 0.25) is 0 Å². The van der Waals surface area contributed by atoms with Crippen LogP contribution in [0.2, 0.25) is 12.1 Å². The zero-order valence-electron chi connectivity index (χ0n) is 9.87. The topological polar surface area (TPSA) is 58.9 Å². The standard InChI is InChI=1S/C10H24O4Si/c1-13-15(14-2,9-5-3-7-11)10-6-4-8-12/h11-12H,3-10H2,1-2H3. The molecule has 92 valence electrons. The lowest BCUT2D eigenvalue weighted by Crippen LogP contribution is -2.39. The average molecular weight is 236 g/mol. The van der Waals surface area contributed by atoms with Crippen molar-refractivity contribution in [1.29, 1.82) is 0 Å². The lowest BCUT2D eigenvalue weighted by Gasteiger charge is -2.27. The molecule has 0 rings (SSSR count). The van der Waals surface area contributed by atoms with Crippen LogP contribution in [0.4, 0.5) is 0 Å². The van der Waals surface area contributed by atoms with Crippen LogP contribution in [-0.2, 0) is 8.85 Å². The first-order chi connectivity index (χ1) is 7.24. The molecule has 0 unspecified atom stereocenters. The van der Waals surface area contributed by atoms with E-state index < -0.39 is 8.56 Å². The highest BCUT2D eigenvalue weighted by molar-refractivity contribution is 6.67. The van der Waals surface area contributed by atoms with Gasteiger partial charge in [0.05, 0.1) is 0 Å². The SMILES string of the molecule is CO[Si](CCCCO)(CCCCO)OC. The average Bonchev–Trinajstić information content (AvgIpc) is 2.28. The molecule has 4 nitrogen and oxygen atoms in total. The van der Waals surface area contributed by atoms with Gasteiger partial charge in [-0.05, 0) is 37.8 Å². The van der Waals surface area contributed by atoms with Crippen LogP contribution in [-0.4, -0.2) is 46.2 Å². The van der Waals surface area contributed by atoms with Crippen LogP contribution < -0.4 is 0 Å². The summed E-state index contributed by atoms with van der Waals surface area (Å²) in [6.45, 7) is 0.461. The van der Waals surface area contributed by atoms with Crippen molar-refractivity contribution in [2.24, 2.45) is 0 Å². The van der Waals surface area contributed by atoms with Gasteiger partial charge in [0.25, 0.3) is 0 Å². The van der Waals surface area contributed by atoms with Gasteiger partial charge < -0.3 is 19.1 Å². The van der Waals surface area contributed by atoms with Crippen LogP contribution in [0.5, 0.6) is 0 Å². The van der Waals surface area contributed by atoms with E-state index in [1.165, 1.54) is 0 Å². The molecule has 0 aliphatic heterocycles. The molecule has 0 heterocycles. The van der Waals surface area contributed by atoms with Crippen LogP contribution in [0.15, 0.2) is 0 Å². The second-order valence-electron chi connectivity index (χ2n) is 3.68. The molecule has 5 heteroatoms. The Balaban J connectivity index is 3.93. The Labute approximate surface area is 93.5 Å². The molecule has 0 aromatic carbocycles. The summed E-state index contributed by atoms with van der Waals surface area (Å²) < 4.78 is 11.1. The van der Waals surface area contributed by atoms with Gasteiger partial charge in [-0.3, -0.25) is 0 Å². The van der Waals surface area contributed by atoms with Gasteiger partial charge in [-0.2, -0.15) is 0 Å². The lowest BCUT2D eigenvalue weighted by molar-refractivity contribution is 0.231. The number of aliphatic hydroxyl groups excluding tert-OH is 2. The first-order valence-electron chi connectivity index (χ1n) is 5.56. The van der Waals surface area contributed by atoms with Gasteiger partial charge in [0.15, 0.2) is 0 Å². The smallest absolute Gasteiger partial charge is 0.337 e. The zero-order chi connectivity index (χ0) is 11.6. The molecule has 0 aromatic rings. The van der Waals surface area contributed by atoms with Crippen molar-refractivity contribution in [1.82, 2.24) is 0 Å². The van der Waals surface area contributed by atoms with Crippen molar-refractivity contribution in [3.63, 3.8) is 0 Å². The Morgan fingerprint density at radius 2 is 1.20 bits per heavy atom. The third-order valence-corrected chi connectivity index (χ3v) is 6.39. The highest BCUT2D eigenvalue weighted by atomic mass is 28.4. The van der Waals surface area contributed by atoms with E-state index in [1.54, 1.807) is 14.2 Å². The molecule has 0 spiro atoms. The van der Waals surface area contributed by atoms with Crippen LogP contribution in [0, 0.1) is 0 Å². The van der Waals surface area contributed by atoms with E-state index >= 15 is 0 Å². The third kappa shape index (κ3) is 6.27. The molecule has 0 aliphatic carbocycles. The highest BCUT2D eigenvalue weighted by Crippen LogP contribution is 2.22. The molecule has 0 aromatic heterocycles. The number of rotatable bonds is 10. The molecule has 2 N–H and O–H groups in total. The summed E-state index contributed by atoms with van der Waals surface area (Å²) in [5.74, 6) is 0. The minimum atomic E-state index is -2.04. The predicted molar refractivity (Wildman–Crippen MR) is 62.0 cm³/mol. The second kappa shape index (κ2) is 9.29. The van der Waals surface area contributed by atoms with Gasteiger partial charge >= 0.3 is 8.56 Å². The van der Waals surface area contributed by atoms with Crippen LogP contribution in [0.3, 0.4) is 0 Å². The number of hydrogen-bond donors (Lipinski definition) is 2. The molecule has 0 amide bonds. The van der Waals surface area contributed by atoms with Gasteiger partial charge in [-0.15, -0.1) is 0 Å². The summed E-state index contributed by atoms with van der Waals surface area (Å²) in [5, 5.41) is 17.4.